The third-order valence-electron chi connectivity index (χ3n) is 4.48. The van der Waals surface area contributed by atoms with Crippen molar-refractivity contribution in [3.05, 3.63) is 75.9 Å². The molecule has 0 spiro atoms. The van der Waals surface area contributed by atoms with Crippen molar-refractivity contribution in [3.63, 3.8) is 0 Å². The number of rotatable bonds is 8. The van der Waals surface area contributed by atoms with Crippen molar-refractivity contribution < 1.29 is 22.7 Å². The summed E-state index contributed by atoms with van der Waals surface area (Å²) in [6.07, 6.45) is 0. The van der Waals surface area contributed by atoms with Crippen molar-refractivity contribution in [1.82, 2.24) is 5.32 Å². The first-order valence-corrected chi connectivity index (χ1v) is 13.0. The van der Waals surface area contributed by atoms with Crippen molar-refractivity contribution in [2.75, 3.05) is 23.8 Å². The summed E-state index contributed by atoms with van der Waals surface area (Å²) in [5.41, 5.74) is 1.37. The molecule has 3 rings (SSSR count). The van der Waals surface area contributed by atoms with Crippen LogP contribution in [0.2, 0.25) is 0 Å². The molecule has 0 aromatic heterocycles. The number of methoxy groups -OCH3 is 1. The highest BCUT2D eigenvalue weighted by atomic mass is 127. The van der Waals surface area contributed by atoms with Crippen LogP contribution in [0.1, 0.15) is 17.3 Å². The first-order chi connectivity index (χ1) is 16.2. The lowest BCUT2D eigenvalue weighted by molar-refractivity contribution is 0.0977. The number of ether oxygens (including phenoxy) is 2. The Balaban J connectivity index is 1.60. The number of carbonyl (C=O) groups is 1. The fourth-order valence-electron chi connectivity index (χ4n) is 2.86. The summed E-state index contributed by atoms with van der Waals surface area (Å²) in [5, 5.41) is 5.55. The zero-order chi connectivity index (χ0) is 24.7. The molecule has 0 bridgehead atoms. The van der Waals surface area contributed by atoms with Crippen LogP contribution < -0.4 is 24.8 Å². The van der Waals surface area contributed by atoms with Gasteiger partial charge in [0.1, 0.15) is 11.5 Å². The Morgan fingerprint density at radius 1 is 1.00 bits per heavy atom. The number of nitrogens with one attached hydrogen (secondary N) is 3. The number of anilines is 2. The molecule has 1 amide bonds. The van der Waals surface area contributed by atoms with Crippen molar-refractivity contribution in [2.24, 2.45) is 0 Å². The van der Waals surface area contributed by atoms with Crippen LogP contribution in [0.3, 0.4) is 0 Å². The van der Waals surface area contributed by atoms with E-state index in [2.05, 4.69) is 37.9 Å². The third-order valence-corrected chi connectivity index (χ3v) is 6.93. The summed E-state index contributed by atoms with van der Waals surface area (Å²) in [6.45, 7) is 2.40. The number of sulfonamides is 1. The number of amides is 1. The Morgan fingerprint density at radius 3 is 2.24 bits per heavy atom. The van der Waals surface area contributed by atoms with Crippen LogP contribution in [0.4, 0.5) is 11.4 Å². The maximum Gasteiger partial charge on any atom is 0.261 e. The smallest absolute Gasteiger partial charge is 0.261 e. The van der Waals surface area contributed by atoms with Crippen LogP contribution >= 0.6 is 34.8 Å². The highest BCUT2D eigenvalue weighted by Crippen LogP contribution is 2.22. The van der Waals surface area contributed by atoms with E-state index in [0.717, 1.165) is 3.57 Å². The van der Waals surface area contributed by atoms with Gasteiger partial charge in [0.15, 0.2) is 5.11 Å². The molecule has 0 atom stereocenters. The molecule has 0 fully saturated rings. The van der Waals surface area contributed by atoms with E-state index in [1.807, 2.05) is 6.92 Å². The predicted molar refractivity (Wildman–Crippen MR) is 144 cm³/mol. The molecule has 3 aromatic carbocycles. The highest BCUT2D eigenvalue weighted by Gasteiger charge is 2.15. The standard InChI is InChI=1S/C23H22IN3O5S2/c1-3-32-18-9-5-17(6-10-18)27-34(29,30)19-11-7-16(8-12-19)25-23(33)26-22(28)15-4-13-21(31-2)20(24)14-15/h4-14,27H,3H2,1-2H3,(H2,25,26,28,33). The lowest BCUT2D eigenvalue weighted by Crippen LogP contribution is -2.34. The number of hydrogen-bond acceptors (Lipinski definition) is 6. The molecule has 0 radical (unpaired) electrons. The van der Waals surface area contributed by atoms with E-state index in [1.54, 1.807) is 61.7 Å². The highest BCUT2D eigenvalue weighted by molar-refractivity contribution is 14.1. The number of hydrogen-bond donors (Lipinski definition) is 3. The molecule has 0 unspecified atom stereocenters. The molecule has 0 heterocycles. The predicted octanol–water partition coefficient (Wildman–Crippen LogP) is 4.63. The molecule has 0 saturated heterocycles. The molecule has 0 aliphatic heterocycles. The average molecular weight is 611 g/mol. The minimum Gasteiger partial charge on any atom is -0.496 e. The van der Waals surface area contributed by atoms with Crippen molar-refractivity contribution in [3.8, 4) is 11.5 Å². The van der Waals surface area contributed by atoms with Gasteiger partial charge in [0.05, 0.1) is 22.2 Å². The van der Waals surface area contributed by atoms with Gasteiger partial charge in [-0.2, -0.15) is 0 Å². The van der Waals surface area contributed by atoms with Crippen LogP contribution in [0, 0.1) is 3.57 Å². The summed E-state index contributed by atoms with van der Waals surface area (Å²) in [5.74, 6) is 0.951. The van der Waals surface area contributed by atoms with E-state index in [1.165, 1.54) is 12.1 Å². The number of benzene rings is 3. The molecule has 3 N–H and O–H groups in total. The van der Waals surface area contributed by atoms with Gasteiger partial charge >= 0.3 is 0 Å². The molecular weight excluding hydrogens is 589 g/mol. The summed E-state index contributed by atoms with van der Waals surface area (Å²) in [4.78, 5) is 12.5. The van der Waals surface area contributed by atoms with Crippen LogP contribution in [0.5, 0.6) is 11.5 Å². The normalized spacial score (nSPS) is 10.8. The monoisotopic (exact) mass is 611 g/mol. The summed E-state index contributed by atoms with van der Waals surface area (Å²) < 4.78 is 39.2. The van der Waals surface area contributed by atoms with Gasteiger partial charge in [0.25, 0.3) is 15.9 Å². The molecule has 34 heavy (non-hydrogen) atoms. The van der Waals surface area contributed by atoms with E-state index >= 15 is 0 Å². The fourth-order valence-corrected chi connectivity index (χ4v) is 4.87. The fraction of sp³-hybridized carbons (Fsp3) is 0.130. The Labute approximate surface area is 217 Å². The second-order valence-electron chi connectivity index (χ2n) is 6.84. The quantitative estimate of drug-likeness (QED) is 0.252. The van der Waals surface area contributed by atoms with Gasteiger partial charge in [-0.1, -0.05) is 0 Å². The molecule has 0 aliphatic rings. The van der Waals surface area contributed by atoms with Gasteiger partial charge in [0.2, 0.25) is 0 Å². The Hall–Kier alpha value is -2.90. The van der Waals surface area contributed by atoms with Crippen molar-refractivity contribution in [2.45, 2.75) is 11.8 Å². The lowest BCUT2D eigenvalue weighted by atomic mass is 10.2. The summed E-state index contributed by atoms with van der Waals surface area (Å²) in [7, 11) is -2.22. The van der Waals surface area contributed by atoms with Crippen molar-refractivity contribution in [1.29, 1.82) is 0 Å². The van der Waals surface area contributed by atoms with Crippen LogP contribution in [-0.4, -0.2) is 33.2 Å². The van der Waals surface area contributed by atoms with Gasteiger partial charge in [-0.25, -0.2) is 8.42 Å². The zero-order valence-corrected chi connectivity index (χ0v) is 22.1. The molecule has 3 aromatic rings. The number of thiocarbonyl (C=S) groups is 1. The van der Waals surface area contributed by atoms with Gasteiger partial charge in [-0.15, -0.1) is 0 Å². The average Bonchev–Trinajstić information content (AvgIpc) is 2.80. The van der Waals surface area contributed by atoms with Gasteiger partial charge in [-0.05, 0) is 108 Å². The zero-order valence-electron chi connectivity index (χ0n) is 18.3. The second-order valence-corrected chi connectivity index (χ2v) is 10.1. The molecule has 0 aliphatic carbocycles. The molecular formula is C23H22IN3O5S2. The van der Waals surface area contributed by atoms with Gasteiger partial charge in [-0.3, -0.25) is 14.8 Å². The molecule has 11 heteroatoms. The minimum atomic E-state index is -3.78. The molecule has 0 saturated carbocycles. The first-order valence-electron chi connectivity index (χ1n) is 10.0. The SMILES string of the molecule is CCOc1ccc(NS(=O)(=O)c2ccc(NC(=S)NC(=O)c3ccc(OC)c(I)c3)cc2)cc1. The van der Waals surface area contributed by atoms with Crippen LogP contribution in [0.25, 0.3) is 0 Å². The Morgan fingerprint density at radius 2 is 1.65 bits per heavy atom. The van der Waals surface area contributed by atoms with E-state index in [-0.39, 0.29) is 15.9 Å². The van der Waals surface area contributed by atoms with E-state index in [9.17, 15) is 13.2 Å². The maximum atomic E-state index is 12.7. The summed E-state index contributed by atoms with van der Waals surface area (Å²) >= 11 is 7.28. The number of carbonyl (C=O) groups excluding carboxylic acids is 1. The van der Waals surface area contributed by atoms with Crippen LogP contribution in [-0.2, 0) is 10.0 Å². The van der Waals surface area contributed by atoms with E-state index in [0.29, 0.717) is 35.0 Å². The summed E-state index contributed by atoms with van der Waals surface area (Å²) in [6, 6.07) is 17.7. The Kier molecular flexibility index (Phi) is 8.69. The van der Waals surface area contributed by atoms with Gasteiger partial charge in [0, 0.05) is 16.9 Å². The third kappa shape index (κ3) is 6.81. The largest absolute Gasteiger partial charge is 0.496 e. The minimum absolute atomic E-state index is 0.0784. The van der Waals surface area contributed by atoms with Crippen LogP contribution in [0.15, 0.2) is 71.6 Å². The molecule has 178 valence electrons. The second kappa shape index (κ2) is 11.5. The number of halogens is 1. The lowest BCUT2D eigenvalue weighted by Gasteiger charge is -2.12. The van der Waals surface area contributed by atoms with Gasteiger partial charge < -0.3 is 14.8 Å². The van der Waals surface area contributed by atoms with E-state index in [4.69, 9.17) is 21.7 Å². The molecule has 8 nitrogen and oxygen atoms in total. The van der Waals surface area contributed by atoms with Crippen molar-refractivity contribution >= 4 is 67.2 Å². The maximum absolute atomic E-state index is 12.7. The topological polar surface area (TPSA) is 106 Å². The van der Waals surface area contributed by atoms with E-state index < -0.39 is 10.0 Å². The Bertz CT molecular complexity index is 1280. The first kappa shape index (κ1) is 25.7.